The summed E-state index contributed by atoms with van der Waals surface area (Å²) in [6.45, 7) is 1.17. The minimum Gasteiger partial charge on any atom is -0.357 e. The zero-order valence-corrected chi connectivity index (χ0v) is 15.6. The summed E-state index contributed by atoms with van der Waals surface area (Å²) in [5.41, 5.74) is 0.0201. The van der Waals surface area contributed by atoms with Crippen molar-refractivity contribution in [2.24, 2.45) is 5.92 Å². The van der Waals surface area contributed by atoms with E-state index < -0.39 is 11.7 Å². The lowest BCUT2D eigenvalue weighted by Crippen LogP contribution is -2.38. The molecule has 1 aliphatic heterocycles. The fraction of sp³-hybridized carbons (Fsp3) is 0.368. The number of aromatic nitrogens is 1. The molecule has 144 valence electrons. The Morgan fingerprint density at radius 3 is 2.56 bits per heavy atom. The molecule has 2 heterocycles. The molecule has 0 bridgehead atoms. The standard InChI is InChI=1S/C19H20F3N3OS/c1-27-16-4-2-3-15(11-16)24-18(26)13-7-9-25(10-8-13)17-6-5-14(12-23-17)19(20,21)22/h2-6,11-13H,7-10H2,1H3,(H,24,26). The van der Waals surface area contributed by atoms with Gasteiger partial charge >= 0.3 is 6.18 Å². The second-order valence-electron chi connectivity index (χ2n) is 6.39. The predicted octanol–water partition coefficient (Wildman–Crippen LogP) is 4.68. The summed E-state index contributed by atoms with van der Waals surface area (Å²) in [5.74, 6) is 0.372. The molecule has 8 heteroatoms. The topological polar surface area (TPSA) is 45.2 Å². The number of nitrogens with zero attached hydrogens (tertiary/aromatic N) is 2. The van der Waals surface area contributed by atoms with Crippen LogP contribution in [0.4, 0.5) is 24.7 Å². The number of pyridine rings is 1. The van der Waals surface area contributed by atoms with E-state index in [1.165, 1.54) is 6.07 Å². The molecular weight excluding hydrogens is 375 g/mol. The van der Waals surface area contributed by atoms with Crippen molar-refractivity contribution in [3.8, 4) is 0 Å². The van der Waals surface area contributed by atoms with Gasteiger partial charge in [0.15, 0.2) is 0 Å². The van der Waals surface area contributed by atoms with Crippen molar-refractivity contribution in [3.05, 3.63) is 48.2 Å². The molecule has 1 aliphatic rings. The molecule has 0 aliphatic carbocycles. The van der Waals surface area contributed by atoms with Gasteiger partial charge in [0.1, 0.15) is 5.82 Å². The highest BCUT2D eigenvalue weighted by molar-refractivity contribution is 7.98. The largest absolute Gasteiger partial charge is 0.417 e. The fourth-order valence-corrected chi connectivity index (χ4v) is 3.52. The first kappa shape index (κ1) is 19.5. The molecule has 27 heavy (non-hydrogen) atoms. The average Bonchev–Trinajstić information content (AvgIpc) is 2.67. The number of piperidine rings is 1. The number of rotatable bonds is 4. The van der Waals surface area contributed by atoms with Crippen LogP contribution in [-0.4, -0.2) is 30.2 Å². The third-order valence-corrected chi connectivity index (χ3v) is 5.33. The number of amides is 1. The molecule has 0 atom stereocenters. The van der Waals surface area contributed by atoms with E-state index in [-0.39, 0.29) is 11.8 Å². The van der Waals surface area contributed by atoms with Gasteiger partial charge in [-0.25, -0.2) is 4.98 Å². The van der Waals surface area contributed by atoms with Crippen LogP contribution in [0.25, 0.3) is 0 Å². The van der Waals surface area contributed by atoms with Crippen molar-refractivity contribution in [2.45, 2.75) is 23.9 Å². The van der Waals surface area contributed by atoms with Gasteiger partial charge in [-0.1, -0.05) is 6.07 Å². The predicted molar refractivity (Wildman–Crippen MR) is 101 cm³/mol. The summed E-state index contributed by atoms with van der Waals surface area (Å²) in [7, 11) is 0. The van der Waals surface area contributed by atoms with E-state index in [1.54, 1.807) is 11.8 Å². The van der Waals surface area contributed by atoms with Crippen molar-refractivity contribution < 1.29 is 18.0 Å². The number of alkyl halides is 3. The highest BCUT2D eigenvalue weighted by Crippen LogP contribution is 2.30. The van der Waals surface area contributed by atoms with Gasteiger partial charge in [-0.3, -0.25) is 4.79 Å². The number of benzene rings is 1. The number of hydrogen-bond donors (Lipinski definition) is 1. The first-order valence-electron chi connectivity index (χ1n) is 8.60. The zero-order chi connectivity index (χ0) is 19.4. The van der Waals surface area contributed by atoms with E-state index in [2.05, 4.69) is 10.3 Å². The molecule has 1 N–H and O–H groups in total. The minimum atomic E-state index is -4.38. The Morgan fingerprint density at radius 1 is 1.22 bits per heavy atom. The van der Waals surface area contributed by atoms with Gasteiger partial charge in [0, 0.05) is 35.8 Å². The molecule has 0 saturated carbocycles. The number of nitrogens with one attached hydrogen (secondary N) is 1. The second kappa shape index (κ2) is 8.21. The van der Waals surface area contributed by atoms with Crippen molar-refractivity contribution in [1.29, 1.82) is 0 Å². The van der Waals surface area contributed by atoms with Gasteiger partial charge in [0.2, 0.25) is 5.91 Å². The van der Waals surface area contributed by atoms with Crippen molar-refractivity contribution >= 4 is 29.2 Å². The Balaban J connectivity index is 1.55. The molecule has 0 unspecified atom stereocenters. The molecule has 1 saturated heterocycles. The van der Waals surface area contributed by atoms with E-state index in [9.17, 15) is 18.0 Å². The van der Waals surface area contributed by atoms with Crippen LogP contribution < -0.4 is 10.2 Å². The number of hydrogen-bond acceptors (Lipinski definition) is 4. The second-order valence-corrected chi connectivity index (χ2v) is 7.27. The summed E-state index contributed by atoms with van der Waals surface area (Å²) >= 11 is 1.61. The molecule has 3 rings (SSSR count). The normalized spacial score (nSPS) is 15.6. The summed E-state index contributed by atoms with van der Waals surface area (Å²) in [4.78, 5) is 19.4. The number of thioether (sulfide) groups is 1. The van der Waals surface area contributed by atoms with Gasteiger partial charge in [0.05, 0.1) is 5.56 Å². The highest BCUT2D eigenvalue weighted by Gasteiger charge is 2.31. The maximum Gasteiger partial charge on any atom is 0.417 e. The lowest BCUT2D eigenvalue weighted by atomic mass is 9.95. The molecular formula is C19H20F3N3OS. The molecule has 2 aromatic rings. The van der Waals surface area contributed by atoms with Crippen LogP contribution in [0.5, 0.6) is 0 Å². The molecule has 0 radical (unpaired) electrons. The average molecular weight is 395 g/mol. The summed E-state index contributed by atoms with van der Waals surface area (Å²) in [5, 5.41) is 2.95. The maximum atomic E-state index is 12.6. The molecule has 1 fully saturated rings. The van der Waals surface area contributed by atoms with E-state index >= 15 is 0 Å². The quantitative estimate of drug-likeness (QED) is 0.764. The van der Waals surface area contributed by atoms with Crippen LogP contribution in [0.3, 0.4) is 0 Å². The van der Waals surface area contributed by atoms with Crippen molar-refractivity contribution in [2.75, 3.05) is 29.6 Å². The minimum absolute atomic E-state index is 0.0201. The summed E-state index contributed by atoms with van der Waals surface area (Å²) in [6, 6.07) is 10.1. The van der Waals surface area contributed by atoms with Gasteiger partial charge in [0.25, 0.3) is 0 Å². The highest BCUT2D eigenvalue weighted by atomic mass is 32.2. The van der Waals surface area contributed by atoms with Crippen molar-refractivity contribution in [1.82, 2.24) is 4.98 Å². The summed E-state index contributed by atoms with van der Waals surface area (Å²) < 4.78 is 37.9. The number of anilines is 2. The first-order chi connectivity index (χ1) is 12.9. The molecule has 4 nitrogen and oxygen atoms in total. The lowest BCUT2D eigenvalue weighted by molar-refractivity contribution is -0.137. The molecule has 1 aromatic carbocycles. The number of carbonyl (C=O) groups excluding carboxylic acids is 1. The summed E-state index contributed by atoms with van der Waals surface area (Å²) in [6.07, 6.45) is -0.281. The third-order valence-electron chi connectivity index (χ3n) is 4.60. The van der Waals surface area contributed by atoms with E-state index in [0.29, 0.717) is 31.7 Å². The van der Waals surface area contributed by atoms with E-state index in [4.69, 9.17) is 0 Å². The number of halogens is 3. The maximum absolute atomic E-state index is 12.6. The van der Waals surface area contributed by atoms with Crippen LogP contribution in [0, 0.1) is 5.92 Å². The van der Waals surface area contributed by atoms with E-state index in [0.717, 1.165) is 22.8 Å². The lowest BCUT2D eigenvalue weighted by Gasteiger charge is -2.32. The van der Waals surface area contributed by atoms with Crippen molar-refractivity contribution in [3.63, 3.8) is 0 Å². The zero-order valence-electron chi connectivity index (χ0n) is 14.8. The Labute approximate surface area is 160 Å². The van der Waals surface area contributed by atoms with Crippen LogP contribution >= 0.6 is 11.8 Å². The van der Waals surface area contributed by atoms with Gasteiger partial charge in [-0.15, -0.1) is 11.8 Å². The first-order valence-corrected chi connectivity index (χ1v) is 9.82. The SMILES string of the molecule is CSc1cccc(NC(=O)C2CCN(c3ccc(C(F)(F)F)cn3)CC2)c1. The molecule has 1 amide bonds. The molecule has 1 aromatic heterocycles. The van der Waals surface area contributed by atoms with Gasteiger partial charge in [-0.05, 0) is 49.4 Å². The fourth-order valence-electron chi connectivity index (χ4n) is 3.06. The Kier molecular flexibility index (Phi) is 5.94. The number of carbonyl (C=O) groups is 1. The Bertz CT molecular complexity index is 788. The van der Waals surface area contributed by atoms with Crippen LogP contribution in [0.1, 0.15) is 18.4 Å². The molecule has 0 spiro atoms. The monoisotopic (exact) mass is 395 g/mol. The van der Waals surface area contributed by atoms with Gasteiger partial charge < -0.3 is 10.2 Å². The third kappa shape index (κ3) is 4.94. The Morgan fingerprint density at radius 2 is 1.96 bits per heavy atom. The van der Waals surface area contributed by atoms with Crippen LogP contribution in [0.2, 0.25) is 0 Å². The van der Waals surface area contributed by atoms with Crippen LogP contribution in [0.15, 0.2) is 47.5 Å². The van der Waals surface area contributed by atoms with Gasteiger partial charge in [-0.2, -0.15) is 13.2 Å². The van der Waals surface area contributed by atoms with Crippen LogP contribution in [-0.2, 0) is 11.0 Å². The smallest absolute Gasteiger partial charge is 0.357 e. The van der Waals surface area contributed by atoms with E-state index in [1.807, 2.05) is 35.4 Å². The Hall–Kier alpha value is -2.22.